The molecule has 0 radical (unpaired) electrons. The van der Waals surface area contributed by atoms with E-state index < -0.39 is 4.92 Å². The van der Waals surface area contributed by atoms with Gasteiger partial charge >= 0.3 is 0 Å². The Bertz CT molecular complexity index is 631. The molecule has 1 N–H and O–H groups in total. The van der Waals surface area contributed by atoms with Crippen molar-refractivity contribution in [2.24, 2.45) is 0 Å². The van der Waals surface area contributed by atoms with Crippen LogP contribution in [0.4, 0.5) is 5.69 Å². The fourth-order valence-corrected chi connectivity index (χ4v) is 2.78. The van der Waals surface area contributed by atoms with Gasteiger partial charge in [0.1, 0.15) is 4.47 Å². The fraction of sp³-hybridized carbons (Fsp3) is 0.167. The number of carbonyl (C=O) groups excluding carboxylic acids is 1. The van der Waals surface area contributed by atoms with Crippen LogP contribution in [0.5, 0.6) is 0 Å². The lowest BCUT2D eigenvalue weighted by molar-refractivity contribution is -0.385. The molecule has 104 valence electrons. The first-order chi connectivity index (χ1) is 9.59. The minimum Gasteiger partial charge on any atom is -0.352 e. The Kier molecular flexibility index (Phi) is 4.80. The average molecular weight is 356 g/mol. The molecule has 0 aliphatic rings. The quantitative estimate of drug-likeness (QED) is 0.659. The lowest BCUT2D eigenvalue weighted by Gasteiger charge is -2.06. The molecule has 1 aromatic heterocycles. The summed E-state index contributed by atoms with van der Waals surface area (Å²) in [5, 5.41) is 15.4. The Hall–Kier alpha value is -1.80. The van der Waals surface area contributed by atoms with Crippen LogP contribution in [0.3, 0.4) is 0 Å². The summed E-state index contributed by atoms with van der Waals surface area (Å²) < 4.78 is 0.191. The normalized spacial score (nSPS) is 10.2. The standard InChI is InChI=1S/C12H10BrN3O3S/c13-11-9(2-1-3-10(11)16(18)19)12(17)14-5-4-8-6-20-7-15-8/h1-3,6-7H,4-5H2,(H,14,17). The molecule has 0 unspecified atom stereocenters. The Morgan fingerprint density at radius 2 is 2.30 bits per heavy atom. The van der Waals surface area contributed by atoms with Crippen LogP contribution in [0.2, 0.25) is 0 Å². The number of nitro groups is 1. The zero-order chi connectivity index (χ0) is 14.5. The van der Waals surface area contributed by atoms with Crippen molar-refractivity contribution in [2.45, 2.75) is 6.42 Å². The van der Waals surface area contributed by atoms with Gasteiger partial charge in [-0.25, -0.2) is 4.98 Å². The molecule has 0 aliphatic heterocycles. The molecule has 1 heterocycles. The number of nitro benzene ring substituents is 1. The summed E-state index contributed by atoms with van der Waals surface area (Å²) in [4.78, 5) is 26.4. The highest BCUT2D eigenvalue weighted by Gasteiger charge is 2.19. The number of amides is 1. The number of rotatable bonds is 5. The molecule has 2 aromatic rings. The van der Waals surface area contributed by atoms with E-state index in [4.69, 9.17) is 0 Å². The molecule has 0 fully saturated rings. The van der Waals surface area contributed by atoms with Gasteiger partial charge in [0, 0.05) is 24.4 Å². The van der Waals surface area contributed by atoms with E-state index >= 15 is 0 Å². The van der Waals surface area contributed by atoms with Gasteiger partial charge in [0.25, 0.3) is 11.6 Å². The van der Waals surface area contributed by atoms with Gasteiger partial charge in [0.15, 0.2) is 0 Å². The molecule has 20 heavy (non-hydrogen) atoms. The third-order valence-electron chi connectivity index (χ3n) is 2.57. The van der Waals surface area contributed by atoms with Gasteiger partial charge in [-0.1, -0.05) is 6.07 Å². The summed E-state index contributed by atoms with van der Waals surface area (Å²) in [6, 6.07) is 4.36. The lowest BCUT2D eigenvalue weighted by Crippen LogP contribution is -2.26. The molecule has 1 aromatic carbocycles. The van der Waals surface area contributed by atoms with Gasteiger partial charge < -0.3 is 5.32 Å². The van der Waals surface area contributed by atoms with E-state index in [1.165, 1.54) is 29.5 Å². The summed E-state index contributed by atoms with van der Waals surface area (Å²) in [6.45, 7) is 0.428. The summed E-state index contributed by atoms with van der Waals surface area (Å²) >= 11 is 4.60. The number of thiazole rings is 1. The van der Waals surface area contributed by atoms with Crippen LogP contribution in [0.25, 0.3) is 0 Å². The molecular weight excluding hydrogens is 346 g/mol. The average Bonchev–Trinajstić information content (AvgIpc) is 2.91. The monoisotopic (exact) mass is 355 g/mol. The summed E-state index contributed by atoms with van der Waals surface area (Å²) in [5.74, 6) is -0.351. The Morgan fingerprint density at radius 1 is 1.50 bits per heavy atom. The first-order valence-corrected chi connectivity index (χ1v) is 7.41. The van der Waals surface area contributed by atoms with Crippen LogP contribution in [0, 0.1) is 10.1 Å². The molecule has 6 nitrogen and oxygen atoms in total. The lowest BCUT2D eigenvalue weighted by atomic mass is 10.2. The molecule has 0 bridgehead atoms. The highest BCUT2D eigenvalue weighted by Crippen LogP contribution is 2.28. The summed E-state index contributed by atoms with van der Waals surface area (Å²) in [6.07, 6.45) is 0.627. The van der Waals surface area contributed by atoms with Crippen LogP contribution < -0.4 is 5.32 Å². The van der Waals surface area contributed by atoms with Crippen molar-refractivity contribution < 1.29 is 9.72 Å². The number of carbonyl (C=O) groups is 1. The van der Waals surface area contributed by atoms with Crippen molar-refractivity contribution in [3.05, 3.63) is 54.9 Å². The zero-order valence-corrected chi connectivity index (χ0v) is 12.6. The van der Waals surface area contributed by atoms with Gasteiger partial charge in [-0.15, -0.1) is 11.3 Å². The number of benzene rings is 1. The van der Waals surface area contributed by atoms with Crippen molar-refractivity contribution >= 4 is 38.9 Å². The van der Waals surface area contributed by atoms with Crippen LogP contribution in [-0.4, -0.2) is 22.4 Å². The van der Waals surface area contributed by atoms with E-state index in [0.717, 1.165) is 5.69 Å². The molecule has 0 saturated carbocycles. The highest BCUT2D eigenvalue weighted by atomic mass is 79.9. The molecule has 0 saturated heterocycles. The van der Waals surface area contributed by atoms with Crippen molar-refractivity contribution in [1.29, 1.82) is 0 Å². The Balaban J connectivity index is 2.02. The van der Waals surface area contributed by atoms with Gasteiger partial charge in [-0.2, -0.15) is 0 Å². The number of aromatic nitrogens is 1. The summed E-state index contributed by atoms with van der Waals surface area (Å²) in [5.41, 5.74) is 2.76. The summed E-state index contributed by atoms with van der Waals surface area (Å²) in [7, 11) is 0. The highest BCUT2D eigenvalue weighted by molar-refractivity contribution is 9.10. The first-order valence-electron chi connectivity index (χ1n) is 5.67. The van der Waals surface area contributed by atoms with E-state index in [1.807, 2.05) is 5.38 Å². The maximum atomic E-state index is 12.0. The van der Waals surface area contributed by atoms with Gasteiger partial charge in [0.05, 0.1) is 21.7 Å². The number of hydrogen-bond donors (Lipinski definition) is 1. The largest absolute Gasteiger partial charge is 0.352 e. The smallest absolute Gasteiger partial charge is 0.284 e. The number of halogens is 1. The molecule has 8 heteroatoms. The molecule has 0 atom stereocenters. The fourth-order valence-electron chi connectivity index (χ4n) is 1.60. The third-order valence-corrected chi connectivity index (χ3v) is 4.04. The van der Waals surface area contributed by atoms with Crippen molar-refractivity contribution in [3.63, 3.8) is 0 Å². The predicted molar refractivity (Wildman–Crippen MR) is 78.9 cm³/mol. The van der Waals surface area contributed by atoms with E-state index in [0.29, 0.717) is 13.0 Å². The minimum atomic E-state index is -0.532. The molecule has 0 spiro atoms. The Morgan fingerprint density at radius 3 is 2.95 bits per heavy atom. The molecule has 2 rings (SSSR count). The SMILES string of the molecule is O=C(NCCc1cscn1)c1cccc([N+](=O)[O-])c1Br. The maximum Gasteiger partial charge on any atom is 0.284 e. The van der Waals surface area contributed by atoms with Crippen molar-refractivity contribution in [1.82, 2.24) is 10.3 Å². The van der Waals surface area contributed by atoms with Crippen LogP contribution in [0.1, 0.15) is 16.1 Å². The van der Waals surface area contributed by atoms with Crippen LogP contribution in [-0.2, 0) is 6.42 Å². The maximum absolute atomic E-state index is 12.0. The molecule has 1 amide bonds. The van der Waals surface area contributed by atoms with Gasteiger partial charge in [0.2, 0.25) is 0 Å². The van der Waals surface area contributed by atoms with Crippen LogP contribution in [0.15, 0.2) is 33.6 Å². The van der Waals surface area contributed by atoms with Crippen LogP contribution >= 0.6 is 27.3 Å². The minimum absolute atomic E-state index is 0.128. The van der Waals surface area contributed by atoms with E-state index in [2.05, 4.69) is 26.2 Å². The topological polar surface area (TPSA) is 85.1 Å². The second kappa shape index (κ2) is 6.58. The van der Waals surface area contributed by atoms with E-state index in [1.54, 1.807) is 5.51 Å². The zero-order valence-electron chi connectivity index (χ0n) is 10.2. The molecular formula is C12H10BrN3O3S. The van der Waals surface area contributed by atoms with Gasteiger partial charge in [-0.05, 0) is 22.0 Å². The number of nitrogens with one attached hydrogen (secondary N) is 1. The molecule has 0 aliphatic carbocycles. The second-order valence-electron chi connectivity index (χ2n) is 3.88. The van der Waals surface area contributed by atoms with E-state index in [9.17, 15) is 14.9 Å². The van der Waals surface area contributed by atoms with Gasteiger partial charge in [-0.3, -0.25) is 14.9 Å². The number of nitrogens with zero attached hydrogens (tertiary/aromatic N) is 2. The Labute approximate surface area is 127 Å². The predicted octanol–water partition coefficient (Wildman–Crippen LogP) is 2.79. The third kappa shape index (κ3) is 3.40. The van der Waals surface area contributed by atoms with Crippen molar-refractivity contribution in [2.75, 3.05) is 6.54 Å². The van der Waals surface area contributed by atoms with Crippen molar-refractivity contribution in [3.8, 4) is 0 Å². The van der Waals surface area contributed by atoms with E-state index in [-0.39, 0.29) is 21.6 Å². The number of hydrogen-bond acceptors (Lipinski definition) is 5. The first kappa shape index (κ1) is 14.6. The second-order valence-corrected chi connectivity index (χ2v) is 5.39.